The Labute approximate surface area is 168 Å². The lowest BCUT2D eigenvalue weighted by atomic mass is 10.1. The Bertz CT molecular complexity index is 776. The molecule has 4 nitrogen and oxygen atoms in total. The van der Waals surface area contributed by atoms with E-state index in [1.165, 1.54) is 0 Å². The molecule has 0 aliphatic carbocycles. The van der Waals surface area contributed by atoms with E-state index in [9.17, 15) is 4.79 Å². The standard InChI is InChI=1S/C20H23BrN2O2S/c1-13(2)10-11-25-16-7-5-15(6-8-16)19(24)23-20(26)22-18-9-4-14(3)12-17(18)21/h4-9,12-13H,10-11H2,1-3H3,(H2,22,23,24,26). The Morgan fingerprint density at radius 1 is 1.19 bits per heavy atom. The molecule has 2 N–H and O–H groups in total. The van der Waals surface area contributed by atoms with E-state index in [0.29, 0.717) is 18.1 Å². The number of ether oxygens (including phenoxy) is 1. The molecule has 0 aromatic heterocycles. The number of hydrogen-bond acceptors (Lipinski definition) is 3. The Kier molecular flexibility index (Phi) is 7.60. The molecule has 0 atom stereocenters. The van der Waals surface area contributed by atoms with Gasteiger partial charge in [0.2, 0.25) is 0 Å². The molecule has 0 fully saturated rings. The number of carbonyl (C=O) groups excluding carboxylic acids is 1. The number of anilines is 1. The van der Waals surface area contributed by atoms with Gasteiger partial charge in [-0.3, -0.25) is 10.1 Å². The number of thiocarbonyl (C=S) groups is 1. The van der Waals surface area contributed by atoms with Crippen LogP contribution >= 0.6 is 28.1 Å². The van der Waals surface area contributed by atoms with Crippen molar-refractivity contribution >= 4 is 44.9 Å². The number of nitrogens with one attached hydrogen (secondary N) is 2. The fourth-order valence-electron chi connectivity index (χ4n) is 2.17. The lowest BCUT2D eigenvalue weighted by Gasteiger charge is -2.12. The summed E-state index contributed by atoms with van der Waals surface area (Å²) in [4.78, 5) is 12.3. The fraction of sp³-hybridized carbons (Fsp3) is 0.300. The second-order valence-electron chi connectivity index (χ2n) is 6.45. The van der Waals surface area contributed by atoms with Crippen LogP contribution in [0.4, 0.5) is 5.69 Å². The summed E-state index contributed by atoms with van der Waals surface area (Å²) < 4.78 is 6.55. The monoisotopic (exact) mass is 434 g/mol. The minimum absolute atomic E-state index is 0.247. The number of halogens is 1. The third-order valence-electron chi connectivity index (χ3n) is 3.68. The van der Waals surface area contributed by atoms with Gasteiger partial charge in [-0.15, -0.1) is 0 Å². The van der Waals surface area contributed by atoms with Crippen molar-refractivity contribution < 1.29 is 9.53 Å². The molecule has 2 aromatic carbocycles. The molecule has 1 amide bonds. The van der Waals surface area contributed by atoms with Crippen LogP contribution in [0.25, 0.3) is 0 Å². The van der Waals surface area contributed by atoms with Crippen LogP contribution in [0.5, 0.6) is 5.75 Å². The van der Waals surface area contributed by atoms with Crippen molar-refractivity contribution in [2.75, 3.05) is 11.9 Å². The maximum absolute atomic E-state index is 12.3. The van der Waals surface area contributed by atoms with Crippen molar-refractivity contribution in [3.05, 3.63) is 58.1 Å². The van der Waals surface area contributed by atoms with Gasteiger partial charge < -0.3 is 10.1 Å². The summed E-state index contributed by atoms with van der Waals surface area (Å²) in [6, 6.07) is 12.9. The number of amides is 1. The smallest absolute Gasteiger partial charge is 0.257 e. The summed E-state index contributed by atoms with van der Waals surface area (Å²) in [6.07, 6.45) is 0.997. The van der Waals surface area contributed by atoms with Gasteiger partial charge in [-0.25, -0.2) is 0 Å². The van der Waals surface area contributed by atoms with Crippen LogP contribution in [0.1, 0.15) is 36.2 Å². The van der Waals surface area contributed by atoms with Gasteiger partial charge >= 0.3 is 0 Å². The van der Waals surface area contributed by atoms with Crippen molar-refractivity contribution in [1.29, 1.82) is 0 Å². The number of rotatable bonds is 6. The molecule has 0 bridgehead atoms. The molecule has 0 saturated carbocycles. The molecule has 6 heteroatoms. The Morgan fingerprint density at radius 3 is 2.50 bits per heavy atom. The van der Waals surface area contributed by atoms with E-state index in [-0.39, 0.29) is 11.0 Å². The zero-order chi connectivity index (χ0) is 19.1. The quantitative estimate of drug-likeness (QED) is 0.604. The van der Waals surface area contributed by atoms with E-state index in [0.717, 1.165) is 27.9 Å². The van der Waals surface area contributed by atoms with Crippen molar-refractivity contribution in [2.24, 2.45) is 5.92 Å². The lowest BCUT2D eigenvalue weighted by molar-refractivity contribution is 0.0977. The Morgan fingerprint density at radius 2 is 1.88 bits per heavy atom. The van der Waals surface area contributed by atoms with Crippen LogP contribution in [0.2, 0.25) is 0 Å². The van der Waals surface area contributed by atoms with Gasteiger partial charge in [0.25, 0.3) is 5.91 Å². The van der Waals surface area contributed by atoms with E-state index in [1.807, 2.05) is 25.1 Å². The first-order valence-electron chi connectivity index (χ1n) is 8.46. The van der Waals surface area contributed by atoms with Crippen LogP contribution in [0.3, 0.4) is 0 Å². The predicted octanol–water partition coefficient (Wildman–Crippen LogP) is 5.31. The van der Waals surface area contributed by atoms with Crippen LogP contribution in [-0.2, 0) is 0 Å². The number of aryl methyl sites for hydroxylation is 1. The van der Waals surface area contributed by atoms with Gasteiger partial charge in [0.15, 0.2) is 5.11 Å². The van der Waals surface area contributed by atoms with Crippen LogP contribution in [-0.4, -0.2) is 17.6 Å². The maximum Gasteiger partial charge on any atom is 0.257 e. The summed E-state index contributed by atoms with van der Waals surface area (Å²) in [5.74, 6) is 1.09. The number of carbonyl (C=O) groups is 1. The molecule has 138 valence electrons. The van der Waals surface area contributed by atoms with E-state index in [1.54, 1.807) is 24.3 Å². The first-order valence-corrected chi connectivity index (χ1v) is 9.66. The second-order valence-corrected chi connectivity index (χ2v) is 7.71. The van der Waals surface area contributed by atoms with Crippen LogP contribution in [0, 0.1) is 12.8 Å². The molecular formula is C20H23BrN2O2S. The van der Waals surface area contributed by atoms with Crippen molar-refractivity contribution in [1.82, 2.24) is 5.32 Å². The average molecular weight is 435 g/mol. The van der Waals surface area contributed by atoms with E-state index in [4.69, 9.17) is 17.0 Å². The molecular weight excluding hydrogens is 412 g/mol. The van der Waals surface area contributed by atoms with E-state index in [2.05, 4.69) is 40.4 Å². The summed E-state index contributed by atoms with van der Waals surface area (Å²) in [5.41, 5.74) is 2.45. The third kappa shape index (κ3) is 6.42. The number of benzene rings is 2. The highest BCUT2D eigenvalue weighted by molar-refractivity contribution is 9.10. The zero-order valence-corrected chi connectivity index (χ0v) is 17.5. The molecule has 0 aliphatic rings. The van der Waals surface area contributed by atoms with Gasteiger partial charge in [0.05, 0.1) is 12.3 Å². The number of hydrogen-bond donors (Lipinski definition) is 2. The molecule has 0 saturated heterocycles. The van der Waals surface area contributed by atoms with Gasteiger partial charge in [-0.1, -0.05) is 19.9 Å². The molecule has 0 aliphatic heterocycles. The minimum atomic E-state index is -0.264. The average Bonchev–Trinajstić information content (AvgIpc) is 2.57. The molecule has 2 rings (SSSR count). The van der Waals surface area contributed by atoms with Gasteiger partial charge in [0, 0.05) is 10.0 Å². The van der Waals surface area contributed by atoms with Gasteiger partial charge in [-0.05, 0) is 89.4 Å². The molecule has 0 spiro atoms. The maximum atomic E-state index is 12.3. The molecule has 26 heavy (non-hydrogen) atoms. The SMILES string of the molecule is Cc1ccc(NC(=S)NC(=O)c2ccc(OCCC(C)C)cc2)c(Br)c1. The highest BCUT2D eigenvalue weighted by atomic mass is 79.9. The Balaban J connectivity index is 1.89. The molecule has 0 unspecified atom stereocenters. The van der Waals surface area contributed by atoms with Crippen molar-refractivity contribution in [3.8, 4) is 5.75 Å². The van der Waals surface area contributed by atoms with Crippen LogP contribution in [0.15, 0.2) is 46.9 Å². The normalized spacial score (nSPS) is 10.5. The van der Waals surface area contributed by atoms with Crippen molar-refractivity contribution in [3.63, 3.8) is 0 Å². The highest BCUT2D eigenvalue weighted by Crippen LogP contribution is 2.23. The van der Waals surface area contributed by atoms with Crippen molar-refractivity contribution in [2.45, 2.75) is 27.2 Å². The zero-order valence-electron chi connectivity index (χ0n) is 15.1. The molecule has 0 heterocycles. The van der Waals surface area contributed by atoms with E-state index >= 15 is 0 Å². The fourth-order valence-corrected chi connectivity index (χ4v) is 2.96. The minimum Gasteiger partial charge on any atom is -0.494 e. The largest absolute Gasteiger partial charge is 0.494 e. The van der Waals surface area contributed by atoms with E-state index < -0.39 is 0 Å². The first-order chi connectivity index (χ1) is 12.3. The third-order valence-corrected chi connectivity index (χ3v) is 4.54. The highest BCUT2D eigenvalue weighted by Gasteiger charge is 2.09. The summed E-state index contributed by atoms with van der Waals surface area (Å²) in [5, 5.41) is 5.95. The summed E-state index contributed by atoms with van der Waals surface area (Å²) >= 11 is 8.70. The topological polar surface area (TPSA) is 50.4 Å². The summed E-state index contributed by atoms with van der Waals surface area (Å²) in [7, 11) is 0. The molecule has 0 radical (unpaired) electrons. The van der Waals surface area contributed by atoms with Crippen LogP contribution < -0.4 is 15.4 Å². The lowest BCUT2D eigenvalue weighted by Crippen LogP contribution is -2.34. The Hall–Kier alpha value is -1.92. The second kappa shape index (κ2) is 9.69. The van der Waals surface area contributed by atoms with Gasteiger partial charge in [-0.2, -0.15) is 0 Å². The first kappa shape index (κ1) is 20.4. The summed E-state index contributed by atoms with van der Waals surface area (Å²) in [6.45, 7) is 6.99. The van der Waals surface area contributed by atoms with Gasteiger partial charge in [0.1, 0.15) is 5.75 Å². The predicted molar refractivity (Wildman–Crippen MR) is 114 cm³/mol. The molecule has 2 aromatic rings.